The van der Waals surface area contributed by atoms with Crippen molar-refractivity contribution < 1.29 is 19.1 Å². The largest absolute Gasteiger partial charge is 0.449 e. The van der Waals surface area contributed by atoms with Crippen LogP contribution < -0.4 is 16.0 Å². The van der Waals surface area contributed by atoms with E-state index >= 15 is 0 Å². The molecule has 2 aromatic rings. The summed E-state index contributed by atoms with van der Waals surface area (Å²) in [5, 5.41) is 8.36. The van der Waals surface area contributed by atoms with E-state index in [1.807, 2.05) is 38.1 Å². The molecule has 32 heavy (non-hydrogen) atoms. The van der Waals surface area contributed by atoms with Gasteiger partial charge >= 0.3 is 12.0 Å². The summed E-state index contributed by atoms with van der Waals surface area (Å²) in [7, 11) is 0. The van der Waals surface area contributed by atoms with Gasteiger partial charge in [-0.25, -0.2) is 9.59 Å². The van der Waals surface area contributed by atoms with Crippen LogP contribution in [0.3, 0.4) is 0 Å². The number of para-hydroxylation sites is 1. The van der Waals surface area contributed by atoms with Gasteiger partial charge in [-0.15, -0.1) is 0 Å². The molecule has 0 saturated heterocycles. The molecule has 172 valence electrons. The van der Waals surface area contributed by atoms with E-state index in [0.717, 1.165) is 23.2 Å². The van der Waals surface area contributed by atoms with Crippen LogP contribution >= 0.6 is 0 Å². The van der Waals surface area contributed by atoms with Gasteiger partial charge < -0.3 is 20.7 Å². The Morgan fingerprint density at radius 1 is 0.938 bits per heavy atom. The Balaban J connectivity index is 1.92. The Labute approximate surface area is 189 Å². The maximum Gasteiger partial charge on any atom is 0.338 e. The standard InChI is InChI=1S/C25H33N3O4/c1-6-17(4)21-9-7-8-10-22(21)28-23(29)18(5)32-24(30)20-13-11-19(12-14-20)15-26-25(31)27-16(2)3/h7-14,16-18H,6,15H2,1-5H3,(H,28,29)(H2,26,27,31). The van der Waals surface area contributed by atoms with Crippen LogP contribution in [0, 0.1) is 0 Å². The molecule has 0 heterocycles. The van der Waals surface area contributed by atoms with E-state index in [1.54, 1.807) is 31.2 Å². The zero-order valence-corrected chi connectivity index (χ0v) is 19.4. The third-order valence-electron chi connectivity index (χ3n) is 5.08. The van der Waals surface area contributed by atoms with E-state index in [-0.39, 0.29) is 18.0 Å². The van der Waals surface area contributed by atoms with E-state index in [9.17, 15) is 14.4 Å². The van der Waals surface area contributed by atoms with Gasteiger partial charge in [0.25, 0.3) is 5.91 Å². The molecule has 2 atom stereocenters. The molecule has 0 saturated carbocycles. The van der Waals surface area contributed by atoms with Gasteiger partial charge in [0.2, 0.25) is 0 Å². The predicted molar refractivity (Wildman–Crippen MR) is 126 cm³/mol. The fraction of sp³-hybridized carbons (Fsp3) is 0.400. The molecule has 2 unspecified atom stereocenters. The van der Waals surface area contributed by atoms with Crippen LogP contribution in [0.25, 0.3) is 0 Å². The molecule has 3 N–H and O–H groups in total. The Bertz CT molecular complexity index is 925. The lowest BCUT2D eigenvalue weighted by Gasteiger charge is -2.18. The van der Waals surface area contributed by atoms with Crippen LogP contribution in [0.2, 0.25) is 0 Å². The number of esters is 1. The number of carbonyl (C=O) groups excluding carboxylic acids is 3. The molecule has 7 nitrogen and oxygen atoms in total. The molecule has 2 aromatic carbocycles. The summed E-state index contributed by atoms with van der Waals surface area (Å²) >= 11 is 0. The van der Waals surface area contributed by atoms with E-state index in [4.69, 9.17) is 4.74 Å². The van der Waals surface area contributed by atoms with Crippen molar-refractivity contribution in [1.82, 2.24) is 10.6 Å². The van der Waals surface area contributed by atoms with Crippen LogP contribution in [-0.4, -0.2) is 30.1 Å². The number of carbonyl (C=O) groups is 3. The summed E-state index contributed by atoms with van der Waals surface area (Å²) in [4.78, 5) is 36.7. The molecule has 0 bridgehead atoms. The smallest absolute Gasteiger partial charge is 0.338 e. The number of amides is 3. The van der Waals surface area contributed by atoms with Crippen LogP contribution in [0.4, 0.5) is 10.5 Å². The number of hydrogen-bond acceptors (Lipinski definition) is 4. The molecule has 3 amide bonds. The lowest BCUT2D eigenvalue weighted by atomic mass is 9.97. The van der Waals surface area contributed by atoms with Gasteiger partial charge in [-0.05, 0) is 62.4 Å². The van der Waals surface area contributed by atoms with Crippen LogP contribution in [-0.2, 0) is 16.1 Å². The second-order valence-electron chi connectivity index (χ2n) is 8.11. The van der Waals surface area contributed by atoms with Crippen molar-refractivity contribution in [1.29, 1.82) is 0 Å². The Kier molecular flexibility index (Phi) is 9.25. The van der Waals surface area contributed by atoms with Crippen molar-refractivity contribution in [3.63, 3.8) is 0 Å². The maximum atomic E-state index is 12.6. The van der Waals surface area contributed by atoms with Gasteiger partial charge in [-0.1, -0.05) is 44.2 Å². The minimum absolute atomic E-state index is 0.0508. The highest BCUT2D eigenvalue weighted by Crippen LogP contribution is 2.26. The first kappa shape index (κ1) is 24.9. The molecular weight excluding hydrogens is 406 g/mol. The van der Waals surface area contributed by atoms with Gasteiger partial charge in [-0.3, -0.25) is 4.79 Å². The average Bonchev–Trinajstić information content (AvgIpc) is 2.77. The van der Waals surface area contributed by atoms with Crippen LogP contribution in [0.1, 0.15) is 68.4 Å². The molecule has 0 spiro atoms. The van der Waals surface area contributed by atoms with Gasteiger partial charge in [0.05, 0.1) is 5.56 Å². The molecule has 2 rings (SSSR count). The normalized spacial score (nSPS) is 12.6. The fourth-order valence-corrected chi connectivity index (χ4v) is 3.03. The average molecular weight is 440 g/mol. The lowest BCUT2D eigenvalue weighted by Crippen LogP contribution is -2.39. The summed E-state index contributed by atoms with van der Waals surface area (Å²) in [5.41, 5.74) is 2.95. The molecular formula is C25H33N3O4. The maximum absolute atomic E-state index is 12.6. The minimum atomic E-state index is -0.950. The molecule has 0 aliphatic heterocycles. The van der Waals surface area contributed by atoms with Gasteiger partial charge in [0.1, 0.15) is 0 Å². The van der Waals surface area contributed by atoms with Gasteiger partial charge in [0.15, 0.2) is 6.10 Å². The zero-order valence-electron chi connectivity index (χ0n) is 19.4. The minimum Gasteiger partial charge on any atom is -0.449 e. The third kappa shape index (κ3) is 7.41. The molecule has 0 radical (unpaired) electrons. The number of urea groups is 1. The summed E-state index contributed by atoms with van der Waals surface area (Å²) in [6.07, 6.45) is -0.000667. The first-order valence-electron chi connectivity index (χ1n) is 10.9. The van der Waals surface area contributed by atoms with E-state index in [2.05, 4.69) is 29.8 Å². The van der Waals surface area contributed by atoms with Crippen molar-refractivity contribution in [2.24, 2.45) is 0 Å². The topological polar surface area (TPSA) is 96.5 Å². The van der Waals surface area contributed by atoms with Crippen molar-refractivity contribution in [2.45, 2.75) is 65.6 Å². The molecule has 0 aliphatic carbocycles. The zero-order chi connectivity index (χ0) is 23.7. The first-order chi connectivity index (χ1) is 15.2. The van der Waals surface area contributed by atoms with Crippen LogP contribution in [0.15, 0.2) is 48.5 Å². The third-order valence-corrected chi connectivity index (χ3v) is 5.08. The Hall–Kier alpha value is -3.35. The van der Waals surface area contributed by atoms with Crippen molar-refractivity contribution in [2.75, 3.05) is 5.32 Å². The summed E-state index contributed by atoms with van der Waals surface area (Å²) in [6.45, 7) is 9.84. The second kappa shape index (κ2) is 11.9. The summed E-state index contributed by atoms with van der Waals surface area (Å²) in [6, 6.07) is 14.1. The van der Waals surface area contributed by atoms with Crippen molar-refractivity contribution in [3.05, 3.63) is 65.2 Å². The van der Waals surface area contributed by atoms with E-state index in [0.29, 0.717) is 18.0 Å². The summed E-state index contributed by atoms with van der Waals surface area (Å²) in [5.74, 6) is -0.667. The van der Waals surface area contributed by atoms with Crippen molar-refractivity contribution >= 4 is 23.6 Å². The number of anilines is 1. The number of ether oxygens (including phenoxy) is 1. The van der Waals surface area contributed by atoms with Crippen LogP contribution in [0.5, 0.6) is 0 Å². The quantitative estimate of drug-likeness (QED) is 0.498. The van der Waals surface area contributed by atoms with E-state index < -0.39 is 12.1 Å². The highest BCUT2D eigenvalue weighted by molar-refractivity contribution is 5.97. The lowest BCUT2D eigenvalue weighted by molar-refractivity contribution is -0.123. The monoisotopic (exact) mass is 439 g/mol. The highest BCUT2D eigenvalue weighted by atomic mass is 16.5. The number of nitrogens with one attached hydrogen (secondary N) is 3. The van der Waals surface area contributed by atoms with Gasteiger partial charge in [-0.2, -0.15) is 0 Å². The number of benzene rings is 2. The van der Waals surface area contributed by atoms with E-state index in [1.165, 1.54) is 0 Å². The van der Waals surface area contributed by atoms with Crippen molar-refractivity contribution in [3.8, 4) is 0 Å². The summed E-state index contributed by atoms with van der Waals surface area (Å²) < 4.78 is 5.35. The SMILES string of the molecule is CCC(C)c1ccccc1NC(=O)C(C)OC(=O)c1ccc(CNC(=O)NC(C)C)cc1. The Morgan fingerprint density at radius 3 is 2.22 bits per heavy atom. The second-order valence-corrected chi connectivity index (χ2v) is 8.11. The van der Waals surface area contributed by atoms with Gasteiger partial charge in [0, 0.05) is 18.3 Å². The highest BCUT2D eigenvalue weighted by Gasteiger charge is 2.20. The first-order valence-corrected chi connectivity index (χ1v) is 10.9. The predicted octanol–water partition coefficient (Wildman–Crippen LogP) is 4.59. The molecule has 0 fully saturated rings. The number of rotatable bonds is 9. The molecule has 0 aliphatic rings. The number of hydrogen-bond donors (Lipinski definition) is 3. The molecule has 7 heteroatoms. The Morgan fingerprint density at radius 2 is 1.59 bits per heavy atom. The fourth-order valence-electron chi connectivity index (χ4n) is 3.03. The molecule has 0 aromatic heterocycles.